The summed E-state index contributed by atoms with van der Waals surface area (Å²) in [5, 5.41) is 27.4. The van der Waals surface area contributed by atoms with Crippen molar-refractivity contribution in [2.75, 3.05) is 60.6 Å². The highest BCUT2D eigenvalue weighted by molar-refractivity contribution is 5.92. The summed E-state index contributed by atoms with van der Waals surface area (Å²) in [5.41, 5.74) is 2.30. The van der Waals surface area contributed by atoms with Crippen LogP contribution in [-0.2, 0) is 19.0 Å². The van der Waals surface area contributed by atoms with Gasteiger partial charge in [0.1, 0.15) is 18.0 Å². The van der Waals surface area contributed by atoms with Gasteiger partial charge in [0.25, 0.3) is 0 Å². The first-order valence-electron chi connectivity index (χ1n) is 17.5. The summed E-state index contributed by atoms with van der Waals surface area (Å²) in [7, 11) is 0. The normalized spacial score (nSPS) is 23.5. The third-order valence-electron chi connectivity index (χ3n) is 10.2. The molecule has 7 rings (SSSR count). The number of fused-ring (bicyclic) bond motifs is 2. The van der Waals surface area contributed by atoms with Gasteiger partial charge in [-0.15, -0.1) is 5.10 Å². The van der Waals surface area contributed by atoms with Crippen LogP contribution in [0.5, 0.6) is 0 Å². The SMILES string of the molecule is C[C@@H]1OCC2(CCN(c3cnc4c(N5CCN(CC(=O)O)c6cc(C#N)ccc65)nn(C5CCCCO5)c4n3)CC2)[C@@H]1NC(=O)OC(C)(C)C. The number of rotatable bonds is 6. The average molecular weight is 688 g/mol. The molecule has 4 aliphatic rings. The molecule has 3 saturated heterocycles. The van der Waals surface area contributed by atoms with Gasteiger partial charge in [-0.3, -0.25) is 4.79 Å². The Kier molecular flexibility index (Phi) is 8.94. The van der Waals surface area contributed by atoms with Crippen LogP contribution >= 0.6 is 0 Å². The smallest absolute Gasteiger partial charge is 0.407 e. The minimum Gasteiger partial charge on any atom is -0.480 e. The van der Waals surface area contributed by atoms with Gasteiger partial charge in [-0.2, -0.15) is 5.26 Å². The number of ether oxygens (including phenoxy) is 3. The number of alkyl carbamates (subject to hydrolysis) is 1. The Morgan fingerprint density at radius 3 is 2.64 bits per heavy atom. The number of aliphatic carboxylic acids is 1. The molecule has 15 nitrogen and oxygen atoms in total. The molecule has 0 bridgehead atoms. The Balaban J connectivity index is 1.18. The highest BCUT2D eigenvalue weighted by Gasteiger charge is 2.50. The van der Waals surface area contributed by atoms with Crippen LogP contribution in [0.25, 0.3) is 11.2 Å². The van der Waals surface area contributed by atoms with Crippen LogP contribution in [-0.4, -0.2) is 101 Å². The van der Waals surface area contributed by atoms with Crippen molar-refractivity contribution in [1.29, 1.82) is 5.26 Å². The van der Waals surface area contributed by atoms with Crippen LogP contribution in [0, 0.1) is 16.7 Å². The van der Waals surface area contributed by atoms with E-state index in [1.807, 2.05) is 43.3 Å². The van der Waals surface area contributed by atoms with Crippen molar-refractivity contribution in [2.45, 2.75) is 83.8 Å². The van der Waals surface area contributed by atoms with E-state index < -0.39 is 17.7 Å². The molecule has 2 N–H and O–H groups in total. The van der Waals surface area contributed by atoms with Crippen molar-refractivity contribution < 1.29 is 28.9 Å². The van der Waals surface area contributed by atoms with Gasteiger partial charge in [0, 0.05) is 38.2 Å². The van der Waals surface area contributed by atoms with Crippen LogP contribution < -0.4 is 20.0 Å². The number of aromatic nitrogens is 4. The quantitative estimate of drug-likeness (QED) is 0.375. The minimum atomic E-state index is -0.942. The molecule has 3 aromatic rings. The van der Waals surface area contributed by atoms with E-state index in [-0.39, 0.29) is 30.3 Å². The Morgan fingerprint density at radius 2 is 1.94 bits per heavy atom. The number of hydrogen-bond donors (Lipinski definition) is 2. The molecule has 1 amide bonds. The molecule has 0 radical (unpaired) electrons. The van der Waals surface area contributed by atoms with Gasteiger partial charge < -0.3 is 39.3 Å². The summed E-state index contributed by atoms with van der Waals surface area (Å²) in [5.74, 6) is 0.410. The molecule has 266 valence electrons. The van der Waals surface area contributed by atoms with E-state index >= 15 is 0 Å². The number of amides is 1. The number of carboxylic acids is 1. The lowest BCUT2D eigenvalue weighted by atomic mass is 9.73. The molecular weight excluding hydrogens is 642 g/mol. The molecule has 6 heterocycles. The van der Waals surface area contributed by atoms with Gasteiger partial charge in [-0.25, -0.2) is 19.4 Å². The highest BCUT2D eigenvalue weighted by Crippen LogP contribution is 2.44. The van der Waals surface area contributed by atoms with E-state index in [9.17, 15) is 20.0 Å². The van der Waals surface area contributed by atoms with Crippen molar-refractivity contribution >= 4 is 46.2 Å². The predicted molar refractivity (Wildman–Crippen MR) is 185 cm³/mol. The molecule has 15 heteroatoms. The maximum atomic E-state index is 12.8. The van der Waals surface area contributed by atoms with E-state index in [0.717, 1.165) is 43.6 Å². The van der Waals surface area contributed by atoms with E-state index in [4.69, 9.17) is 29.3 Å². The van der Waals surface area contributed by atoms with Gasteiger partial charge in [0.05, 0.1) is 48.0 Å². The van der Waals surface area contributed by atoms with E-state index in [2.05, 4.69) is 16.3 Å². The molecule has 0 saturated carbocycles. The first-order chi connectivity index (χ1) is 23.9. The van der Waals surface area contributed by atoms with Crippen LogP contribution in [0.1, 0.15) is 71.6 Å². The molecule has 3 fully saturated rings. The van der Waals surface area contributed by atoms with Crippen molar-refractivity contribution in [2.24, 2.45) is 5.41 Å². The molecule has 4 aliphatic heterocycles. The predicted octanol–water partition coefficient (Wildman–Crippen LogP) is 4.34. The van der Waals surface area contributed by atoms with Crippen LogP contribution in [0.2, 0.25) is 0 Å². The number of carbonyl (C=O) groups is 2. The maximum Gasteiger partial charge on any atom is 0.407 e. The first kappa shape index (κ1) is 33.8. The summed E-state index contributed by atoms with van der Waals surface area (Å²) >= 11 is 0. The van der Waals surface area contributed by atoms with Crippen LogP contribution in [0.3, 0.4) is 0 Å². The summed E-state index contributed by atoms with van der Waals surface area (Å²) in [6.07, 6.45) is 5.34. The monoisotopic (exact) mass is 687 g/mol. The molecular formula is C35H45N9O6. The fraction of sp³-hybridized carbons (Fsp3) is 0.600. The minimum absolute atomic E-state index is 0.129. The number of piperidine rings is 1. The number of carboxylic acid groups (broad SMARTS) is 1. The topological polar surface area (TPSA) is 171 Å². The molecule has 1 spiro atoms. The van der Waals surface area contributed by atoms with Gasteiger partial charge in [-0.1, -0.05) is 0 Å². The molecule has 2 aromatic heterocycles. The fourth-order valence-corrected chi connectivity index (χ4v) is 7.74. The summed E-state index contributed by atoms with van der Waals surface area (Å²) in [6, 6.07) is 7.31. The zero-order chi connectivity index (χ0) is 35.2. The second kappa shape index (κ2) is 13.2. The lowest BCUT2D eigenvalue weighted by molar-refractivity contribution is -0.135. The summed E-state index contributed by atoms with van der Waals surface area (Å²) in [4.78, 5) is 40.6. The third kappa shape index (κ3) is 6.49. The van der Waals surface area contributed by atoms with Crippen LogP contribution in [0.4, 0.5) is 27.8 Å². The van der Waals surface area contributed by atoms with Gasteiger partial charge >= 0.3 is 12.1 Å². The van der Waals surface area contributed by atoms with Crippen molar-refractivity contribution in [1.82, 2.24) is 25.1 Å². The fourth-order valence-electron chi connectivity index (χ4n) is 7.74. The lowest BCUT2D eigenvalue weighted by Gasteiger charge is -2.42. The van der Waals surface area contributed by atoms with Crippen LogP contribution in [0.15, 0.2) is 24.4 Å². The molecule has 0 aliphatic carbocycles. The highest BCUT2D eigenvalue weighted by atomic mass is 16.6. The number of benzene rings is 1. The second-order valence-corrected chi connectivity index (χ2v) is 14.8. The molecule has 1 unspecified atom stereocenters. The average Bonchev–Trinajstić information content (AvgIpc) is 3.61. The van der Waals surface area contributed by atoms with Gasteiger partial charge in [0.15, 0.2) is 23.2 Å². The second-order valence-electron chi connectivity index (χ2n) is 14.8. The number of nitriles is 1. The van der Waals surface area contributed by atoms with Crippen molar-refractivity contribution in [3.8, 4) is 6.07 Å². The largest absolute Gasteiger partial charge is 0.480 e. The molecule has 50 heavy (non-hydrogen) atoms. The standard InChI is InChI=1S/C35H45N9O6/c1-22-30(39-33(47)50-34(2,3)4)35(21-49-22)10-12-41(13-11-35)26-19-37-29-31(38-26)44(27-7-5-6-16-48-27)40-32(29)43-15-14-42(20-28(45)46)25-17-23(18-36)8-9-24(25)43/h8-9,17,19,22,27,30H,5-7,10-16,20-21H2,1-4H3,(H,39,47)(H,45,46)/t22-,27?,30+/m0/s1. The summed E-state index contributed by atoms with van der Waals surface area (Å²) < 4.78 is 19.7. The Bertz CT molecular complexity index is 1800. The third-order valence-corrected chi connectivity index (χ3v) is 10.2. The zero-order valence-electron chi connectivity index (χ0n) is 29.1. The van der Waals surface area contributed by atoms with Crippen molar-refractivity contribution in [3.05, 3.63) is 30.0 Å². The number of nitrogens with zero attached hydrogens (tertiary/aromatic N) is 8. The maximum absolute atomic E-state index is 12.8. The number of hydrogen-bond acceptors (Lipinski definition) is 12. The number of anilines is 4. The Morgan fingerprint density at radius 1 is 1.14 bits per heavy atom. The summed E-state index contributed by atoms with van der Waals surface area (Å²) in [6.45, 7) is 10.9. The van der Waals surface area contributed by atoms with Gasteiger partial charge in [0.2, 0.25) is 0 Å². The number of nitrogens with one attached hydrogen (secondary N) is 1. The number of carbonyl (C=O) groups excluding carboxylic acids is 1. The Hall–Kier alpha value is -4.68. The van der Waals surface area contributed by atoms with Crippen molar-refractivity contribution in [3.63, 3.8) is 0 Å². The zero-order valence-corrected chi connectivity index (χ0v) is 29.1. The Labute approximate surface area is 291 Å². The van der Waals surface area contributed by atoms with Gasteiger partial charge in [-0.05, 0) is 78.0 Å². The molecule has 1 aromatic carbocycles. The lowest BCUT2D eigenvalue weighted by Crippen LogP contribution is -2.55. The first-order valence-corrected chi connectivity index (χ1v) is 17.5. The molecule has 3 atom stereocenters. The van der Waals surface area contributed by atoms with E-state index in [1.165, 1.54) is 0 Å². The van der Waals surface area contributed by atoms with E-state index in [0.29, 0.717) is 67.6 Å². The van der Waals surface area contributed by atoms with E-state index in [1.54, 1.807) is 23.2 Å².